The fourth-order valence-corrected chi connectivity index (χ4v) is 13.4. The summed E-state index contributed by atoms with van der Waals surface area (Å²) in [5, 5.41) is 17.4. The summed E-state index contributed by atoms with van der Waals surface area (Å²) < 4.78 is 0. The normalized spacial score (nSPS) is 13.1. The average molecular weight is 910 g/mol. The van der Waals surface area contributed by atoms with Gasteiger partial charge in [-0.25, -0.2) is 0 Å². The Morgan fingerprint density at radius 3 is 1.29 bits per heavy atom. The Labute approximate surface area is 417 Å². The van der Waals surface area contributed by atoms with Crippen molar-refractivity contribution in [2.75, 3.05) is 4.90 Å². The Morgan fingerprint density at radius 2 is 0.653 bits per heavy atom. The molecule has 0 aliphatic heterocycles. The third-order valence-corrected chi connectivity index (χ3v) is 16.4. The van der Waals surface area contributed by atoms with E-state index in [-0.39, 0.29) is 0 Å². The van der Waals surface area contributed by atoms with Gasteiger partial charge in [0.1, 0.15) is 0 Å². The highest BCUT2D eigenvalue weighted by Gasteiger charge is 2.52. The summed E-state index contributed by atoms with van der Waals surface area (Å²) in [6.45, 7) is 0. The van der Waals surface area contributed by atoms with Crippen molar-refractivity contribution in [3.63, 3.8) is 0 Å². The van der Waals surface area contributed by atoms with Crippen LogP contribution in [-0.4, -0.2) is 0 Å². The Kier molecular flexibility index (Phi) is 8.16. The van der Waals surface area contributed by atoms with E-state index < -0.39 is 5.41 Å². The van der Waals surface area contributed by atoms with Crippen molar-refractivity contribution < 1.29 is 0 Å². The standard InChI is InChI=1S/C71H43N/c1-3-19-49-44(17-1)33-34-46-39-47(35-37-51(46)49)62-42-64-60-28-13-16-32-67(60)71(65-30-14-11-26-58(65)59-27-12-15-31-66(59)71)68(64)43-70(62)72(69-40-45-18-2-4-20-50(45)52-21-9-10-29-61(52)69)48-36-38-57-55-24-6-5-22-53(55)54-23-7-8-25-56(54)63(57)41-48/h1-43H. The fraction of sp³-hybridized carbons (Fsp3) is 0.0141. The summed E-state index contributed by atoms with van der Waals surface area (Å²) >= 11 is 0. The van der Waals surface area contributed by atoms with Gasteiger partial charge in [-0.05, 0) is 156 Å². The minimum atomic E-state index is -0.537. The predicted molar refractivity (Wildman–Crippen MR) is 305 cm³/mol. The van der Waals surface area contributed by atoms with E-state index in [0.29, 0.717) is 0 Å². The second-order valence-electron chi connectivity index (χ2n) is 19.8. The van der Waals surface area contributed by atoms with Crippen LogP contribution in [0.1, 0.15) is 22.3 Å². The summed E-state index contributed by atoms with van der Waals surface area (Å²) in [5.41, 5.74) is 15.6. The van der Waals surface area contributed by atoms with Gasteiger partial charge in [0.15, 0.2) is 0 Å². The van der Waals surface area contributed by atoms with Crippen LogP contribution >= 0.6 is 0 Å². The van der Waals surface area contributed by atoms with Crippen molar-refractivity contribution in [3.05, 3.63) is 283 Å². The molecule has 0 amide bonds. The minimum absolute atomic E-state index is 0.537. The molecule has 72 heavy (non-hydrogen) atoms. The van der Waals surface area contributed by atoms with E-state index in [1.165, 1.54) is 131 Å². The third-order valence-electron chi connectivity index (χ3n) is 16.4. The van der Waals surface area contributed by atoms with Gasteiger partial charge in [0.2, 0.25) is 0 Å². The Balaban J connectivity index is 1.08. The van der Waals surface area contributed by atoms with E-state index in [9.17, 15) is 0 Å². The zero-order valence-electron chi connectivity index (χ0n) is 39.3. The monoisotopic (exact) mass is 909 g/mol. The number of nitrogens with zero attached hydrogens (tertiary/aromatic N) is 1. The maximum absolute atomic E-state index is 2.61. The van der Waals surface area contributed by atoms with Crippen LogP contribution in [0, 0.1) is 0 Å². The maximum Gasteiger partial charge on any atom is 0.0726 e. The second kappa shape index (κ2) is 14.9. The molecule has 0 aromatic heterocycles. The molecule has 0 N–H and O–H groups in total. The second-order valence-corrected chi connectivity index (χ2v) is 19.8. The molecule has 1 heteroatoms. The van der Waals surface area contributed by atoms with Gasteiger partial charge in [-0.2, -0.15) is 0 Å². The van der Waals surface area contributed by atoms with Gasteiger partial charge in [0.25, 0.3) is 0 Å². The van der Waals surface area contributed by atoms with Crippen LogP contribution in [0.25, 0.3) is 109 Å². The van der Waals surface area contributed by atoms with E-state index in [0.717, 1.165) is 17.1 Å². The summed E-state index contributed by atoms with van der Waals surface area (Å²) in [6, 6.07) is 98.6. The van der Waals surface area contributed by atoms with Crippen molar-refractivity contribution >= 4 is 92.5 Å². The molecule has 0 unspecified atom stereocenters. The van der Waals surface area contributed by atoms with Crippen molar-refractivity contribution in [3.8, 4) is 33.4 Å². The molecule has 1 nitrogen and oxygen atoms in total. The average Bonchev–Trinajstić information content (AvgIpc) is 3.92. The van der Waals surface area contributed by atoms with Crippen LogP contribution in [0.4, 0.5) is 17.1 Å². The van der Waals surface area contributed by atoms with Gasteiger partial charge in [-0.15, -0.1) is 0 Å². The van der Waals surface area contributed by atoms with Crippen LogP contribution in [0.5, 0.6) is 0 Å². The quantitative estimate of drug-likeness (QED) is 0.159. The molecule has 16 rings (SSSR count). The predicted octanol–water partition coefficient (Wildman–Crippen LogP) is 19.2. The first kappa shape index (κ1) is 39.5. The highest BCUT2D eigenvalue weighted by atomic mass is 15.1. The summed E-state index contributed by atoms with van der Waals surface area (Å²) in [5.74, 6) is 0. The van der Waals surface area contributed by atoms with Crippen LogP contribution in [0.15, 0.2) is 261 Å². The molecule has 14 aromatic rings. The number of rotatable bonds is 4. The van der Waals surface area contributed by atoms with Crippen LogP contribution in [0.2, 0.25) is 0 Å². The number of benzene rings is 14. The Morgan fingerprint density at radius 1 is 0.222 bits per heavy atom. The zero-order valence-corrected chi connectivity index (χ0v) is 39.3. The van der Waals surface area contributed by atoms with Gasteiger partial charge >= 0.3 is 0 Å². The highest BCUT2D eigenvalue weighted by molar-refractivity contribution is 6.26. The Hall–Kier alpha value is -9.30. The molecular formula is C71H43N. The van der Waals surface area contributed by atoms with E-state index in [4.69, 9.17) is 0 Å². The topological polar surface area (TPSA) is 3.24 Å². The van der Waals surface area contributed by atoms with E-state index in [1.54, 1.807) is 0 Å². The lowest BCUT2D eigenvalue weighted by Gasteiger charge is -2.34. The summed E-state index contributed by atoms with van der Waals surface area (Å²) in [7, 11) is 0. The lowest BCUT2D eigenvalue weighted by molar-refractivity contribution is 0.794. The molecule has 0 saturated carbocycles. The molecule has 1 spiro atoms. The largest absolute Gasteiger partial charge is 0.309 e. The first-order valence-electron chi connectivity index (χ1n) is 25.2. The fourth-order valence-electron chi connectivity index (χ4n) is 13.4. The molecule has 14 aromatic carbocycles. The molecule has 0 heterocycles. The van der Waals surface area contributed by atoms with E-state index >= 15 is 0 Å². The van der Waals surface area contributed by atoms with E-state index in [1.807, 2.05) is 0 Å². The van der Waals surface area contributed by atoms with Gasteiger partial charge in [-0.3, -0.25) is 0 Å². The van der Waals surface area contributed by atoms with Crippen molar-refractivity contribution in [2.45, 2.75) is 5.41 Å². The van der Waals surface area contributed by atoms with Crippen molar-refractivity contribution in [1.82, 2.24) is 0 Å². The number of hydrogen-bond acceptors (Lipinski definition) is 1. The molecule has 0 saturated heterocycles. The zero-order chi connectivity index (χ0) is 47.1. The highest BCUT2D eigenvalue weighted by Crippen LogP contribution is 2.64. The number of hydrogen-bond donors (Lipinski definition) is 0. The molecule has 0 atom stereocenters. The molecule has 332 valence electrons. The number of fused-ring (bicyclic) bond motifs is 22. The van der Waals surface area contributed by atoms with Crippen LogP contribution < -0.4 is 4.90 Å². The first-order chi connectivity index (χ1) is 35.7. The minimum Gasteiger partial charge on any atom is -0.309 e. The lowest BCUT2D eigenvalue weighted by atomic mass is 9.70. The third kappa shape index (κ3) is 5.32. The van der Waals surface area contributed by atoms with Crippen LogP contribution in [-0.2, 0) is 5.41 Å². The summed E-state index contributed by atoms with van der Waals surface area (Å²) in [6.07, 6.45) is 0. The molecular weight excluding hydrogens is 867 g/mol. The molecule has 2 aliphatic rings. The van der Waals surface area contributed by atoms with Gasteiger partial charge < -0.3 is 4.90 Å². The van der Waals surface area contributed by atoms with Crippen molar-refractivity contribution in [2.24, 2.45) is 0 Å². The maximum atomic E-state index is 2.61. The summed E-state index contributed by atoms with van der Waals surface area (Å²) in [4.78, 5) is 2.61. The number of anilines is 3. The molecule has 0 fully saturated rings. The van der Waals surface area contributed by atoms with E-state index in [2.05, 4.69) is 266 Å². The van der Waals surface area contributed by atoms with Gasteiger partial charge in [-0.1, -0.05) is 224 Å². The lowest BCUT2D eigenvalue weighted by Crippen LogP contribution is -2.26. The molecule has 0 radical (unpaired) electrons. The molecule has 2 aliphatic carbocycles. The Bertz CT molecular complexity index is 4570. The van der Waals surface area contributed by atoms with Crippen molar-refractivity contribution in [1.29, 1.82) is 0 Å². The smallest absolute Gasteiger partial charge is 0.0726 e. The van der Waals surface area contributed by atoms with Gasteiger partial charge in [0.05, 0.1) is 16.8 Å². The molecule has 0 bridgehead atoms. The van der Waals surface area contributed by atoms with Crippen LogP contribution in [0.3, 0.4) is 0 Å². The SMILES string of the molecule is c1ccc2c(c1)-c1ccccc1C21c2ccccc2-c2cc(-c3ccc4c(ccc5ccccc54)c3)c(N(c3ccc4c5ccccc5c5ccccc5c4c3)c3cc4ccccc4c4ccccc34)cc21. The van der Waals surface area contributed by atoms with Gasteiger partial charge in [0, 0.05) is 16.6 Å². The first-order valence-corrected chi connectivity index (χ1v) is 25.2.